The van der Waals surface area contributed by atoms with E-state index in [1.807, 2.05) is 0 Å². The zero-order valence-corrected chi connectivity index (χ0v) is 11.4. The van der Waals surface area contributed by atoms with Crippen LogP contribution in [-0.2, 0) is 14.3 Å². The fourth-order valence-corrected chi connectivity index (χ4v) is 2.24. The standard InChI is InChI=1S/C13H24N2O3/c1-3-18-13(17)12(16)14-8-6-10-15-9-5-4-7-11(15)2/h11H,3-10H2,1-2H3,(H,14,16). The molecule has 1 aliphatic heterocycles. The number of likely N-dealkylation sites (tertiary alicyclic amines) is 1. The topological polar surface area (TPSA) is 58.6 Å². The lowest BCUT2D eigenvalue weighted by molar-refractivity contribution is -0.154. The highest BCUT2D eigenvalue weighted by molar-refractivity contribution is 6.32. The molecule has 0 aromatic heterocycles. The van der Waals surface area contributed by atoms with Gasteiger partial charge in [-0.1, -0.05) is 6.42 Å². The Morgan fingerprint density at radius 1 is 1.39 bits per heavy atom. The van der Waals surface area contributed by atoms with E-state index < -0.39 is 11.9 Å². The van der Waals surface area contributed by atoms with E-state index in [0.717, 1.165) is 19.5 Å². The lowest BCUT2D eigenvalue weighted by Gasteiger charge is -2.33. The first-order valence-electron chi connectivity index (χ1n) is 6.84. The predicted octanol–water partition coefficient (Wildman–Crippen LogP) is 0.930. The summed E-state index contributed by atoms with van der Waals surface area (Å²) in [4.78, 5) is 24.7. The molecule has 1 rings (SSSR count). The van der Waals surface area contributed by atoms with Crippen LogP contribution in [0.1, 0.15) is 39.5 Å². The number of nitrogens with zero attached hydrogens (tertiary/aromatic N) is 1. The third-order valence-electron chi connectivity index (χ3n) is 3.31. The number of amides is 1. The molecule has 0 saturated carbocycles. The van der Waals surface area contributed by atoms with E-state index in [4.69, 9.17) is 0 Å². The maximum absolute atomic E-state index is 11.2. The Morgan fingerprint density at radius 3 is 2.83 bits per heavy atom. The zero-order valence-electron chi connectivity index (χ0n) is 11.4. The van der Waals surface area contributed by atoms with E-state index in [1.165, 1.54) is 19.3 Å². The number of esters is 1. The van der Waals surface area contributed by atoms with E-state index in [2.05, 4.69) is 21.9 Å². The average Bonchev–Trinajstić information content (AvgIpc) is 2.36. The largest absolute Gasteiger partial charge is 0.459 e. The van der Waals surface area contributed by atoms with Crippen LogP contribution in [0.5, 0.6) is 0 Å². The Kier molecular flexibility index (Phi) is 6.72. The van der Waals surface area contributed by atoms with Crippen molar-refractivity contribution in [2.24, 2.45) is 0 Å². The minimum absolute atomic E-state index is 0.234. The summed E-state index contributed by atoms with van der Waals surface area (Å²) in [6, 6.07) is 0.638. The lowest BCUT2D eigenvalue weighted by atomic mass is 10.0. The van der Waals surface area contributed by atoms with Gasteiger partial charge in [-0.05, 0) is 39.7 Å². The quantitative estimate of drug-likeness (QED) is 0.451. The average molecular weight is 256 g/mol. The van der Waals surface area contributed by atoms with Gasteiger partial charge in [-0.15, -0.1) is 0 Å². The van der Waals surface area contributed by atoms with Crippen LogP contribution in [0.3, 0.4) is 0 Å². The second-order valence-electron chi connectivity index (χ2n) is 4.71. The van der Waals surface area contributed by atoms with Gasteiger partial charge in [-0.25, -0.2) is 4.79 Å². The fourth-order valence-electron chi connectivity index (χ4n) is 2.24. The van der Waals surface area contributed by atoms with Gasteiger partial charge in [-0.2, -0.15) is 0 Å². The van der Waals surface area contributed by atoms with Crippen LogP contribution in [0.25, 0.3) is 0 Å². The third-order valence-corrected chi connectivity index (χ3v) is 3.31. The van der Waals surface area contributed by atoms with Gasteiger partial charge in [0.1, 0.15) is 0 Å². The molecule has 5 nitrogen and oxygen atoms in total. The van der Waals surface area contributed by atoms with Crippen molar-refractivity contribution in [1.29, 1.82) is 0 Å². The third kappa shape index (κ3) is 5.04. The van der Waals surface area contributed by atoms with Crippen LogP contribution in [0.4, 0.5) is 0 Å². The van der Waals surface area contributed by atoms with Gasteiger partial charge in [0.25, 0.3) is 0 Å². The van der Waals surface area contributed by atoms with Crippen molar-refractivity contribution in [2.45, 2.75) is 45.6 Å². The molecule has 1 fully saturated rings. The van der Waals surface area contributed by atoms with Crippen molar-refractivity contribution < 1.29 is 14.3 Å². The van der Waals surface area contributed by atoms with Crippen LogP contribution >= 0.6 is 0 Å². The van der Waals surface area contributed by atoms with Crippen molar-refractivity contribution in [2.75, 3.05) is 26.2 Å². The molecule has 18 heavy (non-hydrogen) atoms. The van der Waals surface area contributed by atoms with Gasteiger partial charge in [0.15, 0.2) is 0 Å². The van der Waals surface area contributed by atoms with Gasteiger partial charge >= 0.3 is 11.9 Å². The Balaban J connectivity index is 2.10. The predicted molar refractivity (Wildman–Crippen MR) is 69.1 cm³/mol. The second kappa shape index (κ2) is 8.08. The maximum Gasteiger partial charge on any atom is 0.396 e. The highest BCUT2D eigenvalue weighted by atomic mass is 16.5. The molecule has 5 heteroatoms. The number of ether oxygens (including phenoxy) is 1. The molecule has 1 heterocycles. The summed E-state index contributed by atoms with van der Waals surface area (Å²) >= 11 is 0. The number of carbonyl (C=O) groups is 2. The van der Waals surface area contributed by atoms with Crippen LogP contribution in [0.2, 0.25) is 0 Å². The van der Waals surface area contributed by atoms with Gasteiger partial charge in [-0.3, -0.25) is 4.79 Å². The van der Waals surface area contributed by atoms with Crippen molar-refractivity contribution in [3.63, 3.8) is 0 Å². The summed E-state index contributed by atoms with van der Waals surface area (Å²) in [6.07, 6.45) is 4.71. The Bertz CT molecular complexity index is 281. The van der Waals surface area contributed by atoms with Crippen LogP contribution in [0.15, 0.2) is 0 Å². The van der Waals surface area contributed by atoms with Crippen molar-refractivity contribution in [1.82, 2.24) is 10.2 Å². The molecule has 1 atom stereocenters. The van der Waals surface area contributed by atoms with Crippen molar-refractivity contribution in [3.05, 3.63) is 0 Å². The number of carbonyl (C=O) groups excluding carboxylic acids is 2. The molecule has 0 aliphatic carbocycles. The summed E-state index contributed by atoms with van der Waals surface area (Å²) in [5, 5.41) is 2.58. The first-order valence-corrected chi connectivity index (χ1v) is 6.84. The van der Waals surface area contributed by atoms with E-state index in [-0.39, 0.29) is 6.61 Å². The molecule has 0 aromatic carbocycles. The monoisotopic (exact) mass is 256 g/mol. The summed E-state index contributed by atoms with van der Waals surface area (Å²) in [5.41, 5.74) is 0. The number of rotatable bonds is 5. The van der Waals surface area contributed by atoms with E-state index in [0.29, 0.717) is 12.6 Å². The summed E-state index contributed by atoms with van der Waals surface area (Å²) in [7, 11) is 0. The van der Waals surface area contributed by atoms with Crippen LogP contribution in [0, 0.1) is 0 Å². The molecule has 1 amide bonds. The number of piperidine rings is 1. The first kappa shape index (κ1) is 15.0. The van der Waals surface area contributed by atoms with E-state index >= 15 is 0 Å². The molecular weight excluding hydrogens is 232 g/mol. The molecule has 1 N–H and O–H groups in total. The van der Waals surface area contributed by atoms with Gasteiger partial charge < -0.3 is 15.0 Å². The smallest absolute Gasteiger partial charge is 0.396 e. The minimum Gasteiger partial charge on any atom is -0.459 e. The molecule has 1 unspecified atom stereocenters. The molecule has 104 valence electrons. The number of hydrogen-bond acceptors (Lipinski definition) is 4. The van der Waals surface area contributed by atoms with Gasteiger partial charge in [0, 0.05) is 19.1 Å². The van der Waals surface area contributed by atoms with Crippen LogP contribution in [-0.4, -0.2) is 49.1 Å². The molecule has 0 radical (unpaired) electrons. The molecular formula is C13H24N2O3. The molecule has 0 bridgehead atoms. The first-order chi connectivity index (χ1) is 8.65. The summed E-state index contributed by atoms with van der Waals surface area (Å²) in [5.74, 6) is -1.42. The highest BCUT2D eigenvalue weighted by Crippen LogP contribution is 2.15. The number of nitrogens with one attached hydrogen (secondary N) is 1. The van der Waals surface area contributed by atoms with E-state index in [1.54, 1.807) is 6.92 Å². The Morgan fingerprint density at radius 2 is 2.17 bits per heavy atom. The molecule has 1 saturated heterocycles. The lowest BCUT2D eigenvalue weighted by Crippen LogP contribution is -2.40. The maximum atomic E-state index is 11.2. The second-order valence-corrected chi connectivity index (χ2v) is 4.71. The summed E-state index contributed by atoms with van der Waals surface area (Å²) in [6.45, 7) is 6.81. The van der Waals surface area contributed by atoms with Crippen molar-refractivity contribution in [3.8, 4) is 0 Å². The summed E-state index contributed by atoms with van der Waals surface area (Å²) < 4.78 is 4.61. The van der Waals surface area contributed by atoms with Crippen molar-refractivity contribution >= 4 is 11.9 Å². The minimum atomic E-state index is -0.788. The molecule has 0 aromatic rings. The molecule has 0 spiro atoms. The van der Waals surface area contributed by atoms with Gasteiger partial charge in [0.05, 0.1) is 6.61 Å². The van der Waals surface area contributed by atoms with E-state index in [9.17, 15) is 9.59 Å². The Labute approximate surface area is 109 Å². The highest BCUT2D eigenvalue weighted by Gasteiger charge is 2.18. The Hall–Kier alpha value is -1.10. The molecule has 1 aliphatic rings. The van der Waals surface area contributed by atoms with Crippen LogP contribution < -0.4 is 5.32 Å². The van der Waals surface area contributed by atoms with Gasteiger partial charge in [0.2, 0.25) is 0 Å². The zero-order chi connectivity index (χ0) is 13.4. The number of hydrogen-bond donors (Lipinski definition) is 1. The fraction of sp³-hybridized carbons (Fsp3) is 0.846. The SMILES string of the molecule is CCOC(=O)C(=O)NCCCN1CCCCC1C. The normalized spacial score (nSPS) is 20.4.